The average molecular weight is 259 g/mol. The lowest BCUT2D eigenvalue weighted by atomic mass is 9.94. The van der Waals surface area contributed by atoms with E-state index in [0.29, 0.717) is 0 Å². The van der Waals surface area contributed by atoms with Crippen molar-refractivity contribution in [2.24, 2.45) is 11.7 Å². The Morgan fingerprint density at radius 2 is 2.00 bits per heavy atom. The first kappa shape index (κ1) is 14.2. The predicted molar refractivity (Wildman–Crippen MR) is 69.3 cm³/mol. The Morgan fingerprint density at radius 1 is 1.35 bits per heavy atom. The Bertz CT molecular complexity index is 286. The van der Waals surface area contributed by atoms with Crippen LogP contribution in [0.3, 0.4) is 0 Å². The second-order valence-electron chi connectivity index (χ2n) is 4.05. The Hall–Kier alpha value is -0.910. The molecule has 0 radical (unpaired) electrons. The van der Waals surface area contributed by atoms with Crippen molar-refractivity contribution >= 4 is 23.9 Å². The lowest BCUT2D eigenvalue weighted by Crippen LogP contribution is -2.56. The standard InChI is InChI=1S/C9H15N3O2S.C2H6/c10-8(13)5-3-1-2-4-6-7(5)11-9(14)12-15-6;1-2/h5-7H,1-4H2,(H2,10,13)(H2,11,12,14);1-2H3. The molecule has 2 rings (SSSR count). The minimum absolute atomic E-state index is 0.0938. The molecule has 6 heteroatoms. The molecule has 2 aliphatic rings. The molecule has 2 fully saturated rings. The Morgan fingerprint density at radius 3 is 2.65 bits per heavy atom. The van der Waals surface area contributed by atoms with E-state index >= 15 is 0 Å². The largest absolute Gasteiger partial charge is 0.369 e. The summed E-state index contributed by atoms with van der Waals surface area (Å²) in [6, 6.07) is -0.307. The summed E-state index contributed by atoms with van der Waals surface area (Å²) in [5.41, 5.74) is 5.37. The molecule has 1 aliphatic heterocycles. The molecule has 1 saturated heterocycles. The summed E-state index contributed by atoms with van der Waals surface area (Å²) in [5.74, 6) is -0.509. The lowest BCUT2D eigenvalue weighted by molar-refractivity contribution is -0.122. The van der Waals surface area contributed by atoms with Gasteiger partial charge in [-0.2, -0.15) is 0 Å². The van der Waals surface area contributed by atoms with E-state index in [1.807, 2.05) is 13.8 Å². The number of carbonyl (C=O) groups excluding carboxylic acids is 2. The van der Waals surface area contributed by atoms with Gasteiger partial charge in [0.2, 0.25) is 5.91 Å². The molecule has 1 aliphatic carbocycles. The highest BCUT2D eigenvalue weighted by Crippen LogP contribution is 2.32. The molecule has 3 amide bonds. The van der Waals surface area contributed by atoms with Gasteiger partial charge in [0.25, 0.3) is 0 Å². The minimum Gasteiger partial charge on any atom is -0.369 e. The number of fused-ring (bicyclic) bond motifs is 1. The fourth-order valence-corrected chi connectivity index (χ4v) is 3.29. The molecule has 1 heterocycles. The van der Waals surface area contributed by atoms with Crippen molar-refractivity contribution < 1.29 is 9.59 Å². The monoisotopic (exact) mass is 259 g/mol. The number of nitrogens with one attached hydrogen (secondary N) is 2. The highest BCUT2D eigenvalue weighted by atomic mass is 32.2. The van der Waals surface area contributed by atoms with Gasteiger partial charge in [-0.3, -0.25) is 9.52 Å². The van der Waals surface area contributed by atoms with Crippen LogP contribution >= 0.6 is 11.9 Å². The average Bonchev–Trinajstić information content (AvgIpc) is 2.53. The highest BCUT2D eigenvalue weighted by molar-refractivity contribution is 7.98. The molecule has 17 heavy (non-hydrogen) atoms. The van der Waals surface area contributed by atoms with Gasteiger partial charge in [0.15, 0.2) is 0 Å². The first-order valence-electron chi connectivity index (χ1n) is 6.20. The molecule has 0 aromatic heterocycles. The number of hydrogen-bond donors (Lipinski definition) is 3. The molecule has 0 bridgehead atoms. The Kier molecular flexibility index (Phi) is 5.61. The number of rotatable bonds is 1. The maximum Gasteiger partial charge on any atom is 0.325 e. The van der Waals surface area contributed by atoms with Gasteiger partial charge in [-0.15, -0.1) is 0 Å². The van der Waals surface area contributed by atoms with Gasteiger partial charge in [-0.25, -0.2) is 4.79 Å². The zero-order chi connectivity index (χ0) is 12.8. The maximum absolute atomic E-state index is 11.3. The van der Waals surface area contributed by atoms with Gasteiger partial charge in [0.1, 0.15) is 0 Å². The molecular weight excluding hydrogens is 238 g/mol. The third kappa shape index (κ3) is 3.52. The van der Waals surface area contributed by atoms with Crippen LogP contribution in [0.5, 0.6) is 0 Å². The summed E-state index contributed by atoms with van der Waals surface area (Å²) in [6.45, 7) is 4.00. The molecule has 0 aromatic carbocycles. The summed E-state index contributed by atoms with van der Waals surface area (Å²) >= 11 is 1.42. The van der Waals surface area contributed by atoms with Crippen molar-refractivity contribution in [1.82, 2.24) is 10.0 Å². The van der Waals surface area contributed by atoms with Crippen molar-refractivity contribution in [1.29, 1.82) is 0 Å². The van der Waals surface area contributed by atoms with E-state index < -0.39 is 0 Å². The van der Waals surface area contributed by atoms with Crippen LogP contribution in [0.15, 0.2) is 0 Å². The van der Waals surface area contributed by atoms with Gasteiger partial charge in [0, 0.05) is 5.25 Å². The minimum atomic E-state index is -0.297. The van der Waals surface area contributed by atoms with Gasteiger partial charge < -0.3 is 11.1 Å². The number of amides is 3. The first-order chi connectivity index (χ1) is 8.18. The summed E-state index contributed by atoms with van der Waals surface area (Å²) in [6.07, 6.45) is 3.91. The van der Waals surface area contributed by atoms with Crippen molar-refractivity contribution in [3.05, 3.63) is 0 Å². The third-order valence-electron chi connectivity index (χ3n) is 3.05. The van der Waals surface area contributed by atoms with Crippen molar-refractivity contribution in [2.75, 3.05) is 0 Å². The summed E-state index contributed by atoms with van der Waals surface area (Å²) in [4.78, 5) is 22.5. The fourth-order valence-electron chi connectivity index (χ4n) is 2.28. The van der Waals surface area contributed by atoms with Gasteiger partial charge >= 0.3 is 6.03 Å². The first-order valence-corrected chi connectivity index (χ1v) is 7.08. The molecule has 0 aromatic rings. The second-order valence-corrected chi connectivity index (χ2v) is 5.10. The lowest BCUT2D eigenvalue weighted by Gasteiger charge is -2.34. The predicted octanol–water partition coefficient (Wildman–Crippen LogP) is 1.39. The van der Waals surface area contributed by atoms with Crippen molar-refractivity contribution in [3.63, 3.8) is 0 Å². The van der Waals surface area contributed by atoms with Crippen LogP contribution in [-0.2, 0) is 4.79 Å². The van der Waals surface area contributed by atoms with Crippen molar-refractivity contribution in [2.45, 2.75) is 50.8 Å². The van der Waals surface area contributed by atoms with Crippen LogP contribution in [0, 0.1) is 5.92 Å². The van der Waals surface area contributed by atoms with E-state index in [0.717, 1.165) is 25.7 Å². The molecule has 3 atom stereocenters. The molecule has 4 N–H and O–H groups in total. The van der Waals surface area contributed by atoms with Crippen LogP contribution in [-0.4, -0.2) is 23.2 Å². The second kappa shape index (κ2) is 6.74. The van der Waals surface area contributed by atoms with Gasteiger partial charge in [0.05, 0.1) is 12.0 Å². The smallest absolute Gasteiger partial charge is 0.325 e. The number of carbonyl (C=O) groups is 2. The normalized spacial score (nSPS) is 31.9. The fraction of sp³-hybridized carbons (Fsp3) is 0.818. The van der Waals surface area contributed by atoms with E-state index in [1.54, 1.807) is 0 Å². The van der Waals surface area contributed by atoms with Crippen LogP contribution in [0.2, 0.25) is 0 Å². The SMILES string of the molecule is CC.NC(=O)C1CCCCC2SNC(=O)NC21. The molecule has 1 saturated carbocycles. The summed E-state index contributed by atoms with van der Waals surface area (Å²) in [5, 5.41) is 3.08. The van der Waals surface area contributed by atoms with E-state index in [9.17, 15) is 9.59 Å². The van der Waals surface area contributed by atoms with Crippen LogP contribution in [0.25, 0.3) is 0 Å². The van der Waals surface area contributed by atoms with E-state index in [2.05, 4.69) is 10.0 Å². The number of primary amides is 1. The Balaban J connectivity index is 0.000000686. The topological polar surface area (TPSA) is 84.2 Å². The molecule has 5 nitrogen and oxygen atoms in total. The number of hydrogen-bond acceptors (Lipinski definition) is 3. The molecular formula is C11H21N3O2S. The molecule has 0 spiro atoms. The van der Waals surface area contributed by atoms with Gasteiger partial charge in [-0.1, -0.05) is 26.7 Å². The number of urea groups is 1. The van der Waals surface area contributed by atoms with Crippen molar-refractivity contribution in [3.8, 4) is 0 Å². The van der Waals surface area contributed by atoms with E-state index in [-0.39, 0.29) is 29.1 Å². The quantitative estimate of drug-likeness (QED) is 0.622. The third-order valence-corrected chi connectivity index (χ3v) is 4.19. The van der Waals surface area contributed by atoms with Gasteiger partial charge in [-0.05, 0) is 24.8 Å². The molecule has 98 valence electrons. The Labute approximate surface area is 106 Å². The van der Waals surface area contributed by atoms with Crippen LogP contribution < -0.4 is 15.8 Å². The zero-order valence-corrected chi connectivity index (χ0v) is 11.2. The molecule has 3 unspecified atom stereocenters. The highest BCUT2D eigenvalue weighted by Gasteiger charge is 2.39. The summed E-state index contributed by atoms with van der Waals surface area (Å²) < 4.78 is 2.68. The van der Waals surface area contributed by atoms with E-state index in [4.69, 9.17) is 5.73 Å². The number of nitrogens with two attached hydrogens (primary N) is 1. The maximum atomic E-state index is 11.3. The van der Waals surface area contributed by atoms with Crippen LogP contribution in [0.4, 0.5) is 4.79 Å². The summed E-state index contributed by atoms with van der Waals surface area (Å²) in [7, 11) is 0. The van der Waals surface area contributed by atoms with E-state index in [1.165, 1.54) is 11.9 Å². The van der Waals surface area contributed by atoms with Crippen LogP contribution in [0.1, 0.15) is 39.5 Å². The zero-order valence-electron chi connectivity index (χ0n) is 10.4.